The Bertz CT molecular complexity index is 678. The molecule has 0 amide bonds. The number of carbonyl (C=O) groups is 3. The molecule has 0 aromatic rings. The molecule has 0 aliphatic rings. The maximum Gasteiger partial charge on any atom is 2.00 e. The van der Waals surface area contributed by atoms with Gasteiger partial charge in [0.2, 0.25) is 0 Å². The van der Waals surface area contributed by atoms with Gasteiger partial charge in [-0.05, 0) is 26.7 Å². The van der Waals surface area contributed by atoms with E-state index in [2.05, 4.69) is 13.2 Å². The molecule has 0 bridgehead atoms. The number of rotatable bonds is 12. The van der Waals surface area contributed by atoms with Gasteiger partial charge in [-0.25, -0.2) is 9.59 Å². The van der Waals surface area contributed by atoms with Gasteiger partial charge in [0.05, 0.1) is 12.4 Å². The fourth-order valence-corrected chi connectivity index (χ4v) is 2.20. The van der Waals surface area contributed by atoms with E-state index in [9.17, 15) is 22.8 Å². The number of esters is 3. The molecular weight excluding hydrogens is 420 g/mol. The van der Waals surface area contributed by atoms with E-state index in [1.54, 1.807) is 6.92 Å². The topological polar surface area (TPSA) is 133 Å². The Balaban J connectivity index is -0.00000113. The number of hydrogen-bond acceptors (Lipinski definition) is 8. The van der Waals surface area contributed by atoms with Gasteiger partial charge < -0.3 is 17.1 Å². The van der Waals surface area contributed by atoms with E-state index < -0.39 is 52.4 Å². The molecule has 0 aliphatic carbocycles. The van der Waals surface area contributed by atoms with E-state index in [4.69, 9.17) is 18.8 Å². The summed E-state index contributed by atoms with van der Waals surface area (Å²) in [6.07, 6.45) is -0.0153. The third-order valence-electron chi connectivity index (χ3n) is 3.55. The summed E-state index contributed by atoms with van der Waals surface area (Å²) in [5.74, 6) is -2.85. The zero-order valence-electron chi connectivity index (χ0n) is 18.5. The largest absolute Gasteiger partial charge is 2.00 e. The van der Waals surface area contributed by atoms with E-state index in [0.717, 1.165) is 0 Å². The predicted octanol–water partition coefficient (Wildman–Crippen LogP) is 1.29. The van der Waals surface area contributed by atoms with Crippen LogP contribution >= 0.6 is 0 Å². The molecule has 0 aromatic heterocycles. The molecule has 0 atom stereocenters. The normalized spacial score (nSPS) is 11.0. The number of ether oxygens (including phenoxy) is 3. The fraction of sp³-hybridized carbons (Fsp3) is 0.588. The van der Waals surface area contributed by atoms with Crippen molar-refractivity contribution in [1.82, 2.24) is 0 Å². The van der Waals surface area contributed by atoms with Gasteiger partial charge in [0.25, 0.3) is 10.1 Å². The van der Waals surface area contributed by atoms with Gasteiger partial charge in [-0.15, -0.1) is 0 Å². The molecule has 1 N–H and O–H groups in total. The zero-order valence-corrected chi connectivity index (χ0v) is 19.5. The minimum absolute atomic E-state index is 0. The summed E-state index contributed by atoms with van der Waals surface area (Å²) in [6, 6.07) is 0. The molecule has 158 valence electrons. The van der Waals surface area contributed by atoms with E-state index in [1.807, 2.05) is 0 Å². The molecule has 9 nitrogen and oxygen atoms in total. The van der Waals surface area contributed by atoms with Crippen LogP contribution in [0.2, 0.25) is 0 Å². The molecule has 0 spiro atoms. The zero-order chi connectivity index (χ0) is 21.3. The van der Waals surface area contributed by atoms with Crippen molar-refractivity contribution in [2.75, 3.05) is 25.6 Å². The van der Waals surface area contributed by atoms with Gasteiger partial charge in [-0.3, -0.25) is 9.35 Å². The Labute approximate surface area is 198 Å². The van der Waals surface area contributed by atoms with Crippen LogP contribution in [0.3, 0.4) is 0 Å². The van der Waals surface area contributed by atoms with Gasteiger partial charge in [0, 0.05) is 11.1 Å². The third kappa shape index (κ3) is 11.2. The summed E-state index contributed by atoms with van der Waals surface area (Å²) < 4.78 is 45.2. The van der Waals surface area contributed by atoms with Crippen LogP contribution in [0.1, 0.15) is 36.5 Å². The van der Waals surface area contributed by atoms with Crippen molar-refractivity contribution in [2.24, 2.45) is 5.41 Å². The van der Waals surface area contributed by atoms with Crippen LogP contribution in [0.5, 0.6) is 0 Å². The van der Waals surface area contributed by atoms with Gasteiger partial charge in [-0.1, -0.05) is 20.1 Å². The molecule has 0 aliphatic heterocycles. The number of carbonyl (C=O) groups excluding carboxylic acids is 3. The molecule has 0 heterocycles. The van der Waals surface area contributed by atoms with Gasteiger partial charge in [0.1, 0.15) is 18.6 Å². The van der Waals surface area contributed by atoms with Crippen LogP contribution in [0.15, 0.2) is 24.3 Å². The third-order valence-corrected chi connectivity index (χ3v) is 4.35. The minimum Gasteiger partial charge on any atom is -1.00 e. The monoisotopic (exact) mass is 448 g/mol. The van der Waals surface area contributed by atoms with E-state index in [0.29, 0.717) is 0 Å². The van der Waals surface area contributed by atoms with Crippen LogP contribution in [0, 0.1) is 5.41 Å². The van der Waals surface area contributed by atoms with Gasteiger partial charge in [-0.2, -0.15) is 8.42 Å². The van der Waals surface area contributed by atoms with E-state index in [1.165, 1.54) is 13.8 Å². The van der Waals surface area contributed by atoms with Crippen molar-refractivity contribution in [1.29, 1.82) is 0 Å². The van der Waals surface area contributed by atoms with Gasteiger partial charge in [0.15, 0.2) is 0 Å². The first kappa shape index (κ1) is 29.3. The Morgan fingerprint density at radius 3 is 1.75 bits per heavy atom. The fourth-order valence-electron chi connectivity index (χ4n) is 1.72. The van der Waals surface area contributed by atoms with Crippen LogP contribution in [0.4, 0.5) is 0 Å². The minimum atomic E-state index is -4.17. The van der Waals surface area contributed by atoms with Crippen molar-refractivity contribution in [3.05, 3.63) is 24.3 Å². The predicted molar refractivity (Wildman–Crippen MR) is 104 cm³/mol. The maximum atomic E-state index is 12.5. The second-order valence-corrected chi connectivity index (χ2v) is 7.69. The van der Waals surface area contributed by atoms with Crippen molar-refractivity contribution in [3.8, 4) is 0 Å². The first-order valence-electron chi connectivity index (χ1n) is 8.12. The Morgan fingerprint density at radius 1 is 1.00 bits per heavy atom. The molecule has 11 heteroatoms. The molecule has 0 saturated heterocycles. The Hall–Kier alpha value is -0.940. The summed E-state index contributed by atoms with van der Waals surface area (Å²) in [5.41, 5.74) is -1.23. The SMILES string of the molecule is C=C(C)C(=O)OCC(CC)(COC(=O)C(=C)C)C(=O)OCCCS(=O)(=O)O.[Ca+2].[H-].[H-]. The van der Waals surface area contributed by atoms with Crippen molar-refractivity contribution in [2.45, 2.75) is 33.6 Å². The quantitative estimate of drug-likeness (QED) is 0.117. The average molecular weight is 449 g/mol. The maximum absolute atomic E-state index is 12.5. The van der Waals surface area contributed by atoms with Crippen molar-refractivity contribution < 1.29 is 44.4 Å². The molecule has 0 radical (unpaired) electrons. The molecule has 0 saturated carbocycles. The van der Waals surface area contributed by atoms with E-state index >= 15 is 0 Å². The van der Waals surface area contributed by atoms with Crippen LogP contribution in [-0.4, -0.2) is 94.2 Å². The van der Waals surface area contributed by atoms with Crippen LogP contribution in [-0.2, 0) is 38.7 Å². The molecule has 0 rings (SSSR count). The van der Waals surface area contributed by atoms with E-state index in [-0.39, 0.29) is 71.2 Å². The van der Waals surface area contributed by atoms with Crippen LogP contribution < -0.4 is 0 Å². The molecule has 28 heavy (non-hydrogen) atoms. The smallest absolute Gasteiger partial charge is 1.00 e. The van der Waals surface area contributed by atoms with Crippen LogP contribution in [0.25, 0.3) is 0 Å². The van der Waals surface area contributed by atoms with Gasteiger partial charge >= 0.3 is 55.6 Å². The first-order valence-corrected chi connectivity index (χ1v) is 9.73. The Kier molecular flexibility index (Phi) is 13.9. The first-order chi connectivity index (χ1) is 12.3. The summed E-state index contributed by atoms with van der Waals surface area (Å²) in [6.45, 7) is 10.2. The number of hydrogen-bond donors (Lipinski definition) is 1. The average Bonchev–Trinajstić information content (AvgIpc) is 2.57. The summed E-state index contributed by atoms with van der Waals surface area (Å²) in [7, 11) is -4.17. The second-order valence-electron chi connectivity index (χ2n) is 6.12. The molecule has 0 aromatic carbocycles. The van der Waals surface area contributed by atoms with Crippen molar-refractivity contribution in [3.63, 3.8) is 0 Å². The molecular formula is C17H28CaO9S. The summed E-state index contributed by atoms with van der Waals surface area (Å²) >= 11 is 0. The Morgan fingerprint density at radius 2 is 1.43 bits per heavy atom. The standard InChI is InChI=1S/C17H26O9S.Ca.2H/c1-6-17(10-25-14(18)12(2)3,11-26-15(19)13(4)5)16(20)24-8-7-9-27(21,22)23;;;/h2,4,6-11H2,1,3,5H3,(H,21,22,23);;;/q;+2;2*-1. The molecule has 0 fully saturated rings. The summed E-state index contributed by atoms with van der Waals surface area (Å²) in [5, 5.41) is 0. The second kappa shape index (κ2) is 13.3. The van der Waals surface area contributed by atoms with Crippen molar-refractivity contribution >= 4 is 65.8 Å². The summed E-state index contributed by atoms with van der Waals surface area (Å²) in [4.78, 5) is 35.8. The molecule has 0 unspecified atom stereocenters.